The maximum atomic E-state index is 11.6. The zero-order chi connectivity index (χ0) is 13.2. The molecular weight excluding hydrogens is 240 g/mol. The van der Waals surface area contributed by atoms with Crippen molar-refractivity contribution in [3.8, 4) is 0 Å². The molecule has 1 heterocycles. The third kappa shape index (κ3) is 2.26. The largest absolute Gasteiger partial charge is 0.467 e. The van der Waals surface area contributed by atoms with Crippen LogP contribution in [0.5, 0.6) is 0 Å². The van der Waals surface area contributed by atoms with Crippen LogP contribution in [0.1, 0.15) is 19.3 Å². The van der Waals surface area contributed by atoms with Crippen LogP contribution < -0.4 is 0 Å². The number of allylic oxidation sites excluding steroid dienone is 1. The first-order valence-electron chi connectivity index (χ1n) is 5.78. The third-order valence-electron chi connectivity index (χ3n) is 3.11. The number of methoxy groups -OCH3 is 2. The van der Waals surface area contributed by atoms with Gasteiger partial charge in [-0.25, -0.2) is 9.59 Å². The molecule has 0 N–H and O–H groups in total. The highest BCUT2D eigenvalue weighted by Crippen LogP contribution is 2.38. The second kappa shape index (κ2) is 5.07. The highest BCUT2D eigenvalue weighted by atomic mass is 16.8. The van der Waals surface area contributed by atoms with E-state index in [1.165, 1.54) is 14.2 Å². The highest BCUT2D eigenvalue weighted by molar-refractivity contribution is 5.86. The quantitative estimate of drug-likeness (QED) is 0.531. The predicted octanol–water partition coefficient (Wildman–Crippen LogP) is 0.553. The maximum Gasteiger partial charge on any atom is 0.338 e. The van der Waals surface area contributed by atoms with Gasteiger partial charge in [0, 0.05) is 12.8 Å². The van der Waals surface area contributed by atoms with Gasteiger partial charge >= 0.3 is 11.9 Å². The van der Waals surface area contributed by atoms with E-state index in [0.29, 0.717) is 12.8 Å². The van der Waals surface area contributed by atoms with Gasteiger partial charge in [0.2, 0.25) is 0 Å². The summed E-state index contributed by atoms with van der Waals surface area (Å²) in [7, 11) is 2.48. The van der Waals surface area contributed by atoms with E-state index in [1.54, 1.807) is 0 Å². The Morgan fingerprint density at radius 1 is 1.11 bits per heavy atom. The van der Waals surface area contributed by atoms with E-state index < -0.39 is 29.9 Å². The van der Waals surface area contributed by atoms with Gasteiger partial charge in [-0.15, -0.1) is 0 Å². The smallest absolute Gasteiger partial charge is 0.338 e. The molecule has 0 saturated carbocycles. The number of carbonyl (C=O) groups is 2. The minimum atomic E-state index is -1.06. The van der Waals surface area contributed by atoms with Gasteiger partial charge in [0.05, 0.1) is 14.2 Å². The first kappa shape index (κ1) is 13.0. The van der Waals surface area contributed by atoms with Gasteiger partial charge < -0.3 is 18.9 Å². The minimum Gasteiger partial charge on any atom is -0.467 e. The second-order valence-corrected chi connectivity index (χ2v) is 4.25. The van der Waals surface area contributed by atoms with Crippen LogP contribution in [0.2, 0.25) is 0 Å². The second-order valence-electron chi connectivity index (χ2n) is 4.25. The van der Waals surface area contributed by atoms with Crippen molar-refractivity contribution >= 4 is 11.9 Å². The molecular formula is C12H16O6. The van der Waals surface area contributed by atoms with Crippen LogP contribution in [0.4, 0.5) is 0 Å². The standard InChI is InChI=1S/C12H16O6/c1-15-10(13)8-9(11(14)16-2)18-12(17-8)6-4-3-5-7-12/h3-4,8-9H,5-7H2,1-2H3/t8-,9-/m1/s1. The van der Waals surface area contributed by atoms with E-state index >= 15 is 0 Å². The van der Waals surface area contributed by atoms with Crippen LogP contribution in [0.25, 0.3) is 0 Å². The summed E-state index contributed by atoms with van der Waals surface area (Å²) < 4.78 is 20.5. The molecule has 1 fully saturated rings. The molecule has 2 aliphatic rings. The summed E-state index contributed by atoms with van der Waals surface area (Å²) in [4.78, 5) is 23.2. The number of hydrogen-bond acceptors (Lipinski definition) is 6. The Labute approximate surface area is 105 Å². The number of carbonyl (C=O) groups excluding carboxylic acids is 2. The van der Waals surface area contributed by atoms with E-state index in [-0.39, 0.29) is 0 Å². The lowest BCUT2D eigenvalue weighted by molar-refractivity contribution is -0.191. The van der Waals surface area contributed by atoms with Gasteiger partial charge in [-0.05, 0) is 6.42 Å². The molecule has 0 bridgehead atoms. The monoisotopic (exact) mass is 256 g/mol. The van der Waals surface area contributed by atoms with E-state index in [0.717, 1.165) is 6.42 Å². The fraction of sp³-hybridized carbons (Fsp3) is 0.667. The molecule has 1 saturated heterocycles. The molecule has 100 valence electrons. The van der Waals surface area contributed by atoms with Crippen LogP contribution in [0.15, 0.2) is 12.2 Å². The van der Waals surface area contributed by atoms with Crippen LogP contribution in [-0.4, -0.2) is 44.2 Å². The molecule has 18 heavy (non-hydrogen) atoms. The fourth-order valence-electron chi connectivity index (χ4n) is 2.19. The van der Waals surface area contributed by atoms with E-state index in [1.807, 2.05) is 12.2 Å². The van der Waals surface area contributed by atoms with Gasteiger partial charge in [-0.2, -0.15) is 0 Å². The first-order chi connectivity index (χ1) is 8.62. The number of rotatable bonds is 2. The lowest BCUT2D eigenvalue weighted by atomic mass is 10.0. The van der Waals surface area contributed by atoms with Gasteiger partial charge in [0.1, 0.15) is 0 Å². The molecule has 0 amide bonds. The molecule has 0 aromatic heterocycles. The number of esters is 2. The SMILES string of the molecule is COC(=O)[C@@H]1OC2(CC=CCC2)O[C@H]1C(=O)OC. The Balaban J connectivity index is 2.19. The Morgan fingerprint density at radius 3 is 2.06 bits per heavy atom. The third-order valence-corrected chi connectivity index (χ3v) is 3.11. The lowest BCUT2D eigenvalue weighted by Crippen LogP contribution is -2.38. The van der Waals surface area contributed by atoms with E-state index in [2.05, 4.69) is 9.47 Å². The fourth-order valence-corrected chi connectivity index (χ4v) is 2.19. The summed E-state index contributed by atoms with van der Waals surface area (Å²) in [6, 6.07) is 0. The molecule has 0 unspecified atom stereocenters. The van der Waals surface area contributed by atoms with Gasteiger partial charge in [0.25, 0.3) is 0 Å². The molecule has 2 rings (SSSR count). The summed E-state index contributed by atoms with van der Waals surface area (Å²) >= 11 is 0. The van der Waals surface area contributed by atoms with Crippen molar-refractivity contribution in [3.05, 3.63) is 12.2 Å². The Kier molecular flexibility index (Phi) is 3.68. The van der Waals surface area contributed by atoms with Crippen LogP contribution in [0, 0.1) is 0 Å². The van der Waals surface area contributed by atoms with E-state index in [9.17, 15) is 9.59 Å². The average molecular weight is 256 g/mol. The molecule has 0 aromatic rings. The van der Waals surface area contributed by atoms with Gasteiger partial charge in [0.15, 0.2) is 18.0 Å². The van der Waals surface area contributed by atoms with Crippen molar-refractivity contribution in [2.75, 3.05) is 14.2 Å². The minimum absolute atomic E-state index is 0.508. The predicted molar refractivity (Wildman–Crippen MR) is 59.5 cm³/mol. The molecule has 6 nitrogen and oxygen atoms in total. The zero-order valence-corrected chi connectivity index (χ0v) is 10.4. The zero-order valence-electron chi connectivity index (χ0n) is 10.4. The molecule has 1 spiro atoms. The van der Waals surface area contributed by atoms with Crippen molar-refractivity contribution in [2.45, 2.75) is 37.3 Å². The topological polar surface area (TPSA) is 71.1 Å². The van der Waals surface area contributed by atoms with Crippen molar-refractivity contribution in [2.24, 2.45) is 0 Å². The van der Waals surface area contributed by atoms with Crippen LogP contribution >= 0.6 is 0 Å². The van der Waals surface area contributed by atoms with Crippen molar-refractivity contribution < 1.29 is 28.5 Å². The van der Waals surface area contributed by atoms with Gasteiger partial charge in [-0.1, -0.05) is 12.2 Å². The Bertz CT molecular complexity index is 351. The maximum absolute atomic E-state index is 11.6. The van der Waals surface area contributed by atoms with Crippen LogP contribution in [-0.2, 0) is 28.5 Å². The Morgan fingerprint density at radius 2 is 1.67 bits per heavy atom. The summed E-state index contributed by atoms with van der Waals surface area (Å²) in [6.45, 7) is 0. The highest BCUT2D eigenvalue weighted by Gasteiger charge is 2.54. The summed E-state index contributed by atoms with van der Waals surface area (Å²) in [5.41, 5.74) is 0. The van der Waals surface area contributed by atoms with E-state index in [4.69, 9.17) is 9.47 Å². The van der Waals surface area contributed by atoms with Crippen molar-refractivity contribution in [1.82, 2.24) is 0 Å². The summed E-state index contributed by atoms with van der Waals surface area (Å²) in [5.74, 6) is -2.17. The summed E-state index contributed by atoms with van der Waals surface area (Å²) in [5, 5.41) is 0. The molecule has 2 atom stereocenters. The normalized spacial score (nSPS) is 29.2. The van der Waals surface area contributed by atoms with Crippen molar-refractivity contribution in [3.63, 3.8) is 0 Å². The Hall–Kier alpha value is -1.40. The molecule has 1 aliphatic heterocycles. The molecule has 6 heteroatoms. The first-order valence-corrected chi connectivity index (χ1v) is 5.78. The number of hydrogen-bond donors (Lipinski definition) is 0. The van der Waals surface area contributed by atoms with Crippen molar-refractivity contribution in [1.29, 1.82) is 0 Å². The lowest BCUT2D eigenvalue weighted by Gasteiger charge is -2.28. The molecule has 0 aromatic carbocycles. The summed E-state index contributed by atoms with van der Waals surface area (Å²) in [6.07, 6.45) is 3.69. The molecule has 0 radical (unpaired) electrons. The van der Waals surface area contributed by atoms with Gasteiger partial charge in [-0.3, -0.25) is 0 Å². The molecule has 1 aliphatic carbocycles. The average Bonchev–Trinajstić information content (AvgIpc) is 2.77. The van der Waals surface area contributed by atoms with Crippen LogP contribution in [0.3, 0.4) is 0 Å². The number of ether oxygens (including phenoxy) is 4.